The average Bonchev–Trinajstić information content (AvgIpc) is 2.85. The Morgan fingerprint density at radius 1 is 1.04 bits per heavy atom. The van der Waals surface area contributed by atoms with Gasteiger partial charge in [-0.3, -0.25) is 0 Å². The molecule has 0 aromatic heterocycles. The third-order valence-corrected chi connectivity index (χ3v) is 7.04. The van der Waals surface area contributed by atoms with Crippen molar-refractivity contribution in [1.29, 1.82) is 0 Å². The monoisotopic (exact) mass is 378 g/mol. The molecular formula is C20H30N2O3S. The minimum atomic E-state index is -3.18. The van der Waals surface area contributed by atoms with Gasteiger partial charge in [0.15, 0.2) is 9.84 Å². The number of hydrogen-bond acceptors (Lipinski definition) is 3. The van der Waals surface area contributed by atoms with Crippen LogP contribution in [0.15, 0.2) is 29.2 Å². The van der Waals surface area contributed by atoms with Crippen molar-refractivity contribution in [3.63, 3.8) is 0 Å². The Balaban J connectivity index is 1.56. The first-order valence-electron chi connectivity index (χ1n) is 9.70. The standard InChI is InChI=1S/C20H30N2O3S/c1-26(24,25)18-9-7-17(8-10-18)15-21-19(23)22-14-6-13-20(16-22)11-4-2-3-5-12-20/h7-10H,2-6,11-16H2,1H3,(H,21,23). The number of benzene rings is 1. The van der Waals surface area contributed by atoms with E-state index in [0.29, 0.717) is 16.9 Å². The molecule has 3 rings (SSSR count). The third-order valence-electron chi connectivity index (χ3n) is 5.91. The van der Waals surface area contributed by atoms with Crippen molar-refractivity contribution >= 4 is 15.9 Å². The fourth-order valence-corrected chi connectivity index (χ4v) is 5.04. The van der Waals surface area contributed by atoms with Gasteiger partial charge in [0.05, 0.1) is 4.90 Å². The van der Waals surface area contributed by atoms with Gasteiger partial charge in [0, 0.05) is 25.9 Å². The van der Waals surface area contributed by atoms with E-state index < -0.39 is 9.84 Å². The molecule has 0 radical (unpaired) electrons. The number of piperidine rings is 1. The number of rotatable bonds is 3. The Labute approximate surface area is 157 Å². The molecule has 2 amide bonds. The van der Waals surface area contributed by atoms with Crippen molar-refractivity contribution < 1.29 is 13.2 Å². The lowest BCUT2D eigenvalue weighted by molar-refractivity contribution is 0.0905. The summed E-state index contributed by atoms with van der Waals surface area (Å²) in [5.41, 5.74) is 1.25. The molecule has 2 aliphatic rings. The second kappa shape index (κ2) is 7.99. The molecule has 1 saturated heterocycles. The summed E-state index contributed by atoms with van der Waals surface area (Å²) in [6.45, 7) is 2.14. The van der Waals surface area contributed by atoms with Crippen LogP contribution in [0.3, 0.4) is 0 Å². The normalized spacial score (nSPS) is 20.6. The fraction of sp³-hybridized carbons (Fsp3) is 0.650. The summed E-state index contributed by atoms with van der Waals surface area (Å²) in [7, 11) is -3.18. The van der Waals surface area contributed by atoms with Crippen LogP contribution >= 0.6 is 0 Å². The number of nitrogens with one attached hydrogen (secondary N) is 1. The summed E-state index contributed by atoms with van der Waals surface area (Å²) in [5.74, 6) is 0. The molecule has 5 nitrogen and oxygen atoms in total. The highest BCUT2D eigenvalue weighted by Gasteiger charge is 2.37. The fourth-order valence-electron chi connectivity index (χ4n) is 4.41. The van der Waals surface area contributed by atoms with Crippen LogP contribution in [0.5, 0.6) is 0 Å². The first kappa shape index (κ1) is 19.2. The molecule has 1 aliphatic heterocycles. The maximum absolute atomic E-state index is 12.6. The molecule has 0 unspecified atom stereocenters. The van der Waals surface area contributed by atoms with Crippen LogP contribution in [0, 0.1) is 5.41 Å². The molecule has 0 atom stereocenters. The zero-order valence-corrected chi connectivity index (χ0v) is 16.5. The van der Waals surface area contributed by atoms with E-state index >= 15 is 0 Å². The van der Waals surface area contributed by atoms with E-state index in [1.807, 2.05) is 4.90 Å². The number of hydrogen-bond donors (Lipinski definition) is 1. The zero-order chi connectivity index (χ0) is 18.6. The van der Waals surface area contributed by atoms with Crippen molar-refractivity contribution in [3.05, 3.63) is 29.8 Å². The average molecular weight is 379 g/mol. The van der Waals surface area contributed by atoms with Gasteiger partial charge in [-0.05, 0) is 48.8 Å². The molecule has 1 aromatic carbocycles. The van der Waals surface area contributed by atoms with Gasteiger partial charge < -0.3 is 10.2 Å². The van der Waals surface area contributed by atoms with Gasteiger partial charge in [-0.15, -0.1) is 0 Å². The summed E-state index contributed by atoms with van der Waals surface area (Å²) in [6.07, 6.45) is 11.3. The number of carbonyl (C=O) groups is 1. The highest BCUT2D eigenvalue weighted by atomic mass is 32.2. The van der Waals surface area contributed by atoms with Crippen LogP contribution in [-0.4, -0.2) is 38.7 Å². The van der Waals surface area contributed by atoms with E-state index in [9.17, 15) is 13.2 Å². The summed E-state index contributed by atoms with van der Waals surface area (Å²) in [4.78, 5) is 14.9. The van der Waals surface area contributed by atoms with Gasteiger partial charge >= 0.3 is 6.03 Å². The van der Waals surface area contributed by atoms with Crippen molar-refractivity contribution in [1.82, 2.24) is 10.2 Å². The number of likely N-dealkylation sites (tertiary alicyclic amines) is 1. The van der Waals surface area contributed by atoms with Gasteiger partial charge in [0.2, 0.25) is 0 Å². The number of amides is 2. The highest BCUT2D eigenvalue weighted by molar-refractivity contribution is 7.90. The Bertz CT molecular complexity index is 720. The Morgan fingerprint density at radius 3 is 2.27 bits per heavy atom. The van der Waals surface area contributed by atoms with E-state index in [1.165, 1.54) is 51.2 Å². The number of sulfone groups is 1. The van der Waals surface area contributed by atoms with Gasteiger partial charge in [-0.25, -0.2) is 13.2 Å². The zero-order valence-electron chi connectivity index (χ0n) is 15.7. The number of urea groups is 1. The third kappa shape index (κ3) is 4.78. The SMILES string of the molecule is CS(=O)(=O)c1ccc(CNC(=O)N2CCCC3(CCCCCC3)C2)cc1. The molecule has 1 spiro atoms. The Morgan fingerprint density at radius 2 is 1.65 bits per heavy atom. The van der Waals surface area contributed by atoms with Crippen LogP contribution in [0.4, 0.5) is 4.79 Å². The first-order chi connectivity index (χ1) is 12.4. The van der Waals surface area contributed by atoms with Gasteiger partial charge in [-0.2, -0.15) is 0 Å². The first-order valence-corrected chi connectivity index (χ1v) is 11.6. The van der Waals surface area contributed by atoms with Crippen LogP contribution < -0.4 is 5.32 Å². The maximum Gasteiger partial charge on any atom is 0.317 e. The van der Waals surface area contributed by atoms with E-state index in [2.05, 4.69) is 5.32 Å². The van der Waals surface area contributed by atoms with Crippen molar-refractivity contribution in [2.45, 2.75) is 62.8 Å². The molecule has 0 bridgehead atoms. The smallest absolute Gasteiger partial charge is 0.317 e. The molecule has 1 heterocycles. The van der Waals surface area contributed by atoms with Crippen LogP contribution in [0.25, 0.3) is 0 Å². The van der Waals surface area contributed by atoms with Crippen molar-refractivity contribution in [3.8, 4) is 0 Å². The molecule has 1 saturated carbocycles. The number of carbonyl (C=O) groups excluding carboxylic acids is 1. The summed E-state index contributed by atoms with van der Waals surface area (Å²) in [5, 5.41) is 3.00. The molecule has 26 heavy (non-hydrogen) atoms. The summed E-state index contributed by atoms with van der Waals surface area (Å²) < 4.78 is 23.0. The molecule has 1 N–H and O–H groups in total. The van der Waals surface area contributed by atoms with Crippen molar-refractivity contribution in [2.24, 2.45) is 5.41 Å². The summed E-state index contributed by atoms with van der Waals surface area (Å²) in [6, 6.07) is 6.72. The molecule has 1 aromatic rings. The molecule has 1 aliphatic carbocycles. The van der Waals surface area contributed by atoms with Crippen molar-refractivity contribution in [2.75, 3.05) is 19.3 Å². The van der Waals surface area contributed by atoms with Crippen LogP contribution in [0.1, 0.15) is 56.9 Å². The summed E-state index contributed by atoms with van der Waals surface area (Å²) >= 11 is 0. The van der Waals surface area contributed by atoms with E-state index in [0.717, 1.165) is 25.1 Å². The maximum atomic E-state index is 12.6. The van der Waals surface area contributed by atoms with E-state index in [1.54, 1.807) is 24.3 Å². The van der Waals surface area contributed by atoms with Gasteiger partial charge in [0.1, 0.15) is 0 Å². The molecule has 6 heteroatoms. The number of nitrogens with zero attached hydrogens (tertiary/aromatic N) is 1. The predicted molar refractivity (Wildman–Crippen MR) is 103 cm³/mol. The Hall–Kier alpha value is -1.56. The molecule has 144 valence electrons. The van der Waals surface area contributed by atoms with E-state index in [4.69, 9.17) is 0 Å². The van der Waals surface area contributed by atoms with E-state index in [-0.39, 0.29) is 6.03 Å². The van der Waals surface area contributed by atoms with Crippen LogP contribution in [-0.2, 0) is 16.4 Å². The largest absolute Gasteiger partial charge is 0.334 e. The van der Waals surface area contributed by atoms with Gasteiger partial charge in [-0.1, -0.05) is 37.8 Å². The molecular weight excluding hydrogens is 348 g/mol. The van der Waals surface area contributed by atoms with Gasteiger partial charge in [0.25, 0.3) is 0 Å². The lowest BCUT2D eigenvalue weighted by atomic mass is 9.74. The topological polar surface area (TPSA) is 66.5 Å². The highest BCUT2D eigenvalue weighted by Crippen LogP contribution is 2.42. The van der Waals surface area contributed by atoms with Crippen LogP contribution in [0.2, 0.25) is 0 Å². The lowest BCUT2D eigenvalue weighted by Gasteiger charge is -2.42. The minimum absolute atomic E-state index is 0.000474. The molecule has 2 fully saturated rings. The second-order valence-corrected chi connectivity index (χ2v) is 10.0. The lowest BCUT2D eigenvalue weighted by Crippen LogP contribution is -2.49. The second-order valence-electron chi connectivity index (χ2n) is 8.01. The Kier molecular flexibility index (Phi) is 5.90. The minimum Gasteiger partial charge on any atom is -0.334 e. The predicted octanol–water partition coefficient (Wildman–Crippen LogP) is 3.74. The quantitative estimate of drug-likeness (QED) is 0.871.